The highest BCUT2D eigenvalue weighted by Crippen LogP contribution is 2.36. The summed E-state index contributed by atoms with van der Waals surface area (Å²) in [6.07, 6.45) is -0.981. The Balaban J connectivity index is 1.44. The summed E-state index contributed by atoms with van der Waals surface area (Å²) >= 11 is 0. The van der Waals surface area contributed by atoms with Crippen molar-refractivity contribution in [2.45, 2.75) is 65.5 Å². The van der Waals surface area contributed by atoms with Crippen LogP contribution >= 0.6 is 0 Å². The van der Waals surface area contributed by atoms with Crippen molar-refractivity contribution in [3.63, 3.8) is 0 Å². The van der Waals surface area contributed by atoms with E-state index in [0.717, 1.165) is 30.5 Å². The number of benzene rings is 3. The van der Waals surface area contributed by atoms with E-state index in [1.54, 1.807) is 24.3 Å². The highest BCUT2D eigenvalue weighted by Gasteiger charge is 2.32. The summed E-state index contributed by atoms with van der Waals surface area (Å²) in [4.78, 5) is 16.0. The number of hydrogen-bond acceptors (Lipinski definition) is 4. The first kappa shape index (κ1) is 29.6. The van der Waals surface area contributed by atoms with Crippen LogP contribution in [0.5, 0.6) is 11.5 Å². The fraction of sp³-hybridized carbons (Fsp3) is 0.394. The molecule has 0 bridgehead atoms. The van der Waals surface area contributed by atoms with Crippen molar-refractivity contribution in [3.8, 4) is 11.5 Å². The Hall–Kier alpha value is -3.85. The normalized spacial score (nSPS) is 19.4. The third-order valence-electron chi connectivity index (χ3n) is 8.15. The molecule has 1 fully saturated rings. The van der Waals surface area contributed by atoms with Gasteiger partial charge in [-0.25, -0.2) is 9.78 Å². The molecule has 3 aromatic carbocycles. The minimum Gasteiger partial charge on any atom is -0.478 e. The van der Waals surface area contributed by atoms with Crippen molar-refractivity contribution in [1.29, 1.82) is 0 Å². The van der Waals surface area contributed by atoms with E-state index in [2.05, 4.69) is 20.8 Å². The molecule has 0 amide bonds. The molecule has 3 unspecified atom stereocenters. The topological polar surface area (TPSA) is 73.6 Å². The number of rotatable bonds is 9. The second-order valence-electron chi connectivity index (χ2n) is 11.6. The number of carboxylic acid groups (broad SMARTS) is 1. The lowest BCUT2D eigenvalue weighted by Gasteiger charge is -2.37. The number of ether oxygens (including phenoxy) is 2. The number of aromatic nitrogens is 2. The number of carbonyl (C=O) groups is 1. The summed E-state index contributed by atoms with van der Waals surface area (Å²) in [5.74, 6) is 2.23. The molecule has 1 aromatic heterocycles. The zero-order valence-electron chi connectivity index (χ0n) is 23.9. The smallest absolute Gasteiger partial charge is 0.416 e. The van der Waals surface area contributed by atoms with Gasteiger partial charge in [-0.1, -0.05) is 39.3 Å². The number of nitrogens with zero attached hydrogens (tertiary/aromatic N) is 2. The lowest BCUT2D eigenvalue weighted by molar-refractivity contribution is -0.137. The number of hydrogen-bond donors (Lipinski definition) is 1. The lowest BCUT2D eigenvalue weighted by Crippen LogP contribution is -2.34. The van der Waals surface area contributed by atoms with Crippen LogP contribution in [0.1, 0.15) is 67.3 Å². The van der Waals surface area contributed by atoms with Crippen molar-refractivity contribution >= 4 is 17.0 Å². The predicted molar refractivity (Wildman–Crippen MR) is 154 cm³/mol. The predicted octanol–water partition coefficient (Wildman–Crippen LogP) is 8.57. The molecule has 9 heteroatoms. The fourth-order valence-electron chi connectivity index (χ4n) is 5.78. The average Bonchev–Trinajstić information content (AvgIpc) is 3.28. The Morgan fingerprint density at radius 2 is 1.71 bits per heavy atom. The number of aromatic carboxylic acids is 1. The van der Waals surface area contributed by atoms with E-state index in [9.17, 15) is 18.0 Å². The first-order valence-electron chi connectivity index (χ1n) is 14.3. The van der Waals surface area contributed by atoms with Gasteiger partial charge < -0.3 is 19.1 Å². The minimum atomic E-state index is -4.40. The molecule has 0 aliphatic heterocycles. The summed E-state index contributed by atoms with van der Waals surface area (Å²) in [6.45, 7) is 7.33. The van der Waals surface area contributed by atoms with E-state index in [4.69, 9.17) is 19.6 Å². The molecule has 0 spiro atoms. The molecule has 6 nitrogen and oxygen atoms in total. The van der Waals surface area contributed by atoms with E-state index < -0.39 is 17.7 Å². The van der Waals surface area contributed by atoms with Gasteiger partial charge in [-0.15, -0.1) is 0 Å². The molecule has 42 heavy (non-hydrogen) atoms. The van der Waals surface area contributed by atoms with Crippen LogP contribution in [-0.4, -0.2) is 26.7 Å². The fourth-order valence-corrected chi connectivity index (χ4v) is 5.78. The van der Waals surface area contributed by atoms with Crippen LogP contribution in [0.2, 0.25) is 0 Å². The maximum Gasteiger partial charge on any atom is 0.416 e. The molecule has 1 aliphatic carbocycles. The first-order chi connectivity index (χ1) is 20.0. The maximum absolute atomic E-state index is 13.1. The molecule has 5 rings (SSSR count). The van der Waals surface area contributed by atoms with Gasteiger partial charge in [0.1, 0.15) is 23.9 Å². The van der Waals surface area contributed by atoms with Gasteiger partial charge in [-0.05, 0) is 84.7 Å². The third-order valence-corrected chi connectivity index (χ3v) is 8.15. The van der Waals surface area contributed by atoms with E-state index >= 15 is 0 Å². The Kier molecular flexibility index (Phi) is 8.59. The first-order valence-corrected chi connectivity index (χ1v) is 14.3. The molecule has 222 valence electrons. The number of halogens is 3. The Bertz CT molecular complexity index is 1530. The van der Waals surface area contributed by atoms with Gasteiger partial charge in [0.25, 0.3) is 0 Å². The summed E-state index contributed by atoms with van der Waals surface area (Å²) < 4.78 is 53.9. The lowest BCUT2D eigenvalue weighted by atomic mass is 9.75. The molecule has 1 heterocycles. The summed E-state index contributed by atoms with van der Waals surface area (Å²) in [5, 5.41) is 9.14. The van der Waals surface area contributed by atoms with Gasteiger partial charge >= 0.3 is 12.1 Å². The van der Waals surface area contributed by atoms with Crippen molar-refractivity contribution in [2.24, 2.45) is 17.8 Å². The number of fused-ring (bicyclic) bond motifs is 1. The van der Waals surface area contributed by atoms with Gasteiger partial charge in [-0.3, -0.25) is 0 Å². The molecule has 1 N–H and O–H groups in total. The number of imidazole rings is 1. The molecular formula is C33H35F3N2O4. The average molecular weight is 581 g/mol. The maximum atomic E-state index is 13.1. The SMILES string of the molecule is CC1CCC(C(C)C)C(OCc2nc3cc(Oc4ccc(C(=O)O)cc4)ccc3n2Cc2ccc(C(F)(F)F)cc2)C1. The molecular weight excluding hydrogens is 545 g/mol. The molecule has 3 atom stereocenters. The van der Waals surface area contributed by atoms with Crippen LogP contribution in [0, 0.1) is 17.8 Å². The molecule has 0 radical (unpaired) electrons. The molecule has 0 saturated heterocycles. The minimum absolute atomic E-state index is 0.112. The van der Waals surface area contributed by atoms with Gasteiger partial charge in [0.2, 0.25) is 0 Å². The van der Waals surface area contributed by atoms with Crippen LogP contribution < -0.4 is 4.74 Å². The zero-order chi connectivity index (χ0) is 30.0. The van der Waals surface area contributed by atoms with E-state index in [-0.39, 0.29) is 18.3 Å². The summed E-state index contributed by atoms with van der Waals surface area (Å²) in [6, 6.07) is 16.8. The second-order valence-corrected chi connectivity index (χ2v) is 11.6. The van der Waals surface area contributed by atoms with Crippen LogP contribution in [0.25, 0.3) is 11.0 Å². The summed E-state index contributed by atoms with van der Waals surface area (Å²) in [7, 11) is 0. The third kappa shape index (κ3) is 6.78. The quantitative estimate of drug-likeness (QED) is 0.215. The van der Waals surface area contributed by atoms with Crippen molar-refractivity contribution in [1.82, 2.24) is 9.55 Å². The largest absolute Gasteiger partial charge is 0.478 e. The molecule has 4 aromatic rings. The monoisotopic (exact) mass is 580 g/mol. The number of alkyl halides is 3. The van der Waals surface area contributed by atoms with Gasteiger partial charge in [0, 0.05) is 12.6 Å². The zero-order valence-corrected chi connectivity index (χ0v) is 23.9. The highest BCUT2D eigenvalue weighted by atomic mass is 19.4. The van der Waals surface area contributed by atoms with Crippen LogP contribution in [0.3, 0.4) is 0 Å². The Morgan fingerprint density at radius 3 is 2.36 bits per heavy atom. The Morgan fingerprint density at radius 1 is 1.02 bits per heavy atom. The molecule has 1 aliphatic rings. The van der Waals surface area contributed by atoms with Crippen LogP contribution in [0.4, 0.5) is 13.2 Å². The van der Waals surface area contributed by atoms with Crippen LogP contribution in [0.15, 0.2) is 66.7 Å². The number of carboxylic acids is 1. The van der Waals surface area contributed by atoms with Crippen molar-refractivity contribution in [2.75, 3.05) is 0 Å². The standard InChI is InChI=1S/C33H35F3N2O4/c1-20(2)27-14-4-21(3)16-30(27)41-19-31-37-28-17-26(42-25-11-7-23(8-12-25)32(39)40)13-15-29(28)38(31)18-22-5-9-24(10-6-22)33(34,35)36/h5-13,15,17,20-21,27,30H,4,14,16,18-19H2,1-3H3,(H,39,40). The highest BCUT2D eigenvalue weighted by molar-refractivity contribution is 5.87. The Labute approximate surface area is 243 Å². The summed E-state index contributed by atoms with van der Waals surface area (Å²) in [5.41, 5.74) is 1.66. The van der Waals surface area contributed by atoms with Gasteiger partial charge in [0.05, 0.1) is 28.3 Å². The van der Waals surface area contributed by atoms with Crippen LogP contribution in [-0.2, 0) is 24.1 Å². The van der Waals surface area contributed by atoms with Crippen molar-refractivity contribution < 1.29 is 32.5 Å². The van der Waals surface area contributed by atoms with Gasteiger partial charge in [-0.2, -0.15) is 13.2 Å². The van der Waals surface area contributed by atoms with Crippen molar-refractivity contribution in [3.05, 3.63) is 89.2 Å². The van der Waals surface area contributed by atoms with Gasteiger partial charge in [0.15, 0.2) is 0 Å². The second kappa shape index (κ2) is 12.2. The van der Waals surface area contributed by atoms with E-state index in [1.807, 2.05) is 10.6 Å². The van der Waals surface area contributed by atoms with E-state index in [1.165, 1.54) is 30.7 Å². The van der Waals surface area contributed by atoms with E-state index in [0.29, 0.717) is 52.7 Å². The molecule has 1 saturated carbocycles.